The molecule has 0 bridgehead atoms. The Balaban J connectivity index is 1.99. The van der Waals surface area contributed by atoms with Crippen molar-refractivity contribution in [3.8, 4) is 0 Å². The fourth-order valence-corrected chi connectivity index (χ4v) is 1.48. The summed E-state index contributed by atoms with van der Waals surface area (Å²) in [6, 6.07) is 4.79. The third-order valence-electron chi connectivity index (χ3n) is 2.26. The Morgan fingerprint density at radius 1 is 1.53 bits per heavy atom. The van der Waals surface area contributed by atoms with E-state index in [1.165, 1.54) is 18.2 Å². The van der Waals surface area contributed by atoms with E-state index in [9.17, 15) is 14.0 Å². The minimum absolute atomic E-state index is 0.0380. The first kappa shape index (κ1) is 11.5. The minimum atomic E-state index is -0.737. The van der Waals surface area contributed by atoms with Gasteiger partial charge in [0.1, 0.15) is 18.5 Å². The SMILES string of the molecule is O=C1COCC(C(=O)Nc2cccc(F)c2)N1. The Morgan fingerprint density at radius 3 is 3.06 bits per heavy atom. The molecule has 1 aliphatic heterocycles. The van der Waals surface area contributed by atoms with Crippen molar-refractivity contribution in [2.75, 3.05) is 18.5 Å². The summed E-state index contributed by atoms with van der Waals surface area (Å²) in [5.74, 6) is -1.20. The van der Waals surface area contributed by atoms with Gasteiger partial charge in [0.2, 0.25) is 11.8 Å². The van der Waals surface area contributed by atoms with Gasteiger partial charge in [0.25, 0.3) is 0 Å². The lowest BCUT2D eigenvalue weighted by Gasteiger charge is -2.22. The van der Waals surface area contributed by atoms with Crippen LogP contribution < -0.4 is 10.6 Å². The number of amides is 2. The highest BCUT2D eigenvalue weighted by molar-refractivity contribution is 5.97. The molecule has 2 rings (SSSR count). The molecule has 5 nitrogen and oxygen atoms in total. The second-order valence-electron chi connectivity index (χ2n) is 3.63. The van der Waals surface area contributed by atoms with E-state index in [2.05, 4.69) is 10.6 Å². The van der Waals surface area contributed by atoms with Crippen LogP contribution >= 0.6 is 0 Å². The molecule has 2 amide bonds. The van der Waals surface area contributed by atoms with Crippen LogP contribution in [0.1, 0.15) is 0 Å². The molecule has 1 saturated heterocycles. The summed E-state index contributed by atoms with van der Waals surface area (Å²) in [6.45, 7) is 0.0800. The van der Waals surface area contributed by atoms with Gasteiger partial charge in [-0.3, -0.25) is 9.59 Å². The summed E-state index contributed by atoms with van der Waals surface area (Å²) < 4.78 is 17.8. The van der Waals surface area contributed by atoms with Crippen LogP contribution in [0.2, 0.25) is 0 Å². The van der Waals surface area contributed by atoms with Crippen LogP contribution in [-0.4, -0.2) is 31.1 Å². The topological polar surface area (TPSA) is 67.4 Å². The first-order valence-corrected chi connectivity index (χ1v) is 5.09. The van der Waals surface area contributed by atoms with Gasteiger partial charge in [0.05, 0.1) is 6.61 Å². The monoisotopic (exact) mass is 238 g/mol. The number of benzene rings is 1. The van der Waals surface area contributed by atoms with E-state index in [1.54, 1.807) is 6.07 Å². The number of anilines is 1. The van der Waals surface area contributed by atoms with Gasteiger partial charge in [-0.05, 0) is 18.2 Å². The molecule has 1 aromatic rings. The average molecular weight is 238 g/mol. The van der Waals surface area contributed by atoms with E-state index in [-0.39, 0.29) is 19.1 Å². The number of ether oxygens (including phenoxy) is 1. The Hall–Kier alpha value is -1.95. The summed E-state index contributed by atoms with van der Waals surface area (Å²) in [5, 5.41) is 4.98. The largest absolute Gasteiger partial charge is 0.369 e. The normalized spacial score (nSPS) is 19.6. The zero-order chi connectivity index (χ0) is 12.3. The summed E-state index contributed by atoms with van der Waals surface area (Å²) in [6.07, 6.45) is 0. The number of nitrogens with one attached hydrogen (secondary N) is 2. The molecule has 1 heterocycles. The lowest BCUT2D eigenvalue weighted by atomic mass is 10.2. The maximum absolute atomic E-state index is 12.9. The molecule has 1 aliphatic rings. The van der Waals surface area contributed by atoms with Crippen LogP contribution in [0.3, 0.4) is 0 Å². The number of morpholine rings is 1. The van der Waals surface area contributed by atoms with Crippen LogP contribution in [0, 0.1) is 5.82 Å². The minimum Gasteiger partial charge on any atom is -0.369 e. The molecule has 1 aromatic carbocycles. The molecular weight excluding hydrogens is 227 g/mol. The van der Waals surface area contributed by atoms with E-state index in [0.29, 0.717) is 5.69 Å². The van der Waals surface area contributed by atoms with Crippen molar-refractivity contribution in [3.05, 3.63) is 30.1 Å². The van der Waals surface area contributed by atoms with Crippen LogP contribution in [-0.2, 0) is 14.3 Å². The van der Waals surface area contributed by atoms with E-state index < -0.39 is 17.8 Å². The van der Waals surface area contributed by atoms with Crippen molar-refractivity contribution in [2.45, 2.75) is 6.04 Å². The quantitative estimate of drug-likeness (QED) is 0.777. The second-order valence-corrected chi connectivity index (χ2v) is 3.63. The van der Waals surface area contributed by atoms with Crippen LogP contribution in [0.15, 0.2) is 24.3 Å². The second kappa shape index (κ2) is 4.92. The van der Waals surface area contributed by atoms with Crippen molar-refractivity contribution >= 4 is 17.5 Å². The summed E-state index contributed by atoms with van der Waals surface area (Å²) >= 11 is 0. The van der Waals surface area contributed by atoms with Gasteiger partial charge in [-0.15, -0.1) is 0 Å². The van der Waals surface area contributed by atoms with Crippen molar-refractivity contribution in [2.24, 2.45) is 0 Å². The van der Waals surface area contributed by atoms with Crippen LogP contribution in [0.4, 0.5) is 10.1 Å². The Bertz CT molecular complexity index is 450. The van der Waals surface area contributed by atoms with Gasteiger partial charge >= 0.3 is 0 Å². The molecule has 0 aliphatic carbocycles. The zero-order valence-corrected chi connectivity index (χ0v) is 8.90. The summed E-state index contributed by atoms with van der Waals surface area (Å²) in [4.78, 5) is 22.7. The van der Waals surface area contributed by atoms with Crippen molar-refractivity contribution in [1.82, 2.24) is 5.32 Å². The highest BCUT2D eigenvalue weighted by Gasteiger charge is 2.25. The van der Waals surface area contributed by atoms with Gasteiger partial charge in [0, 0.05) is 5.69 Å². The van der Waals surface area contributed by atoms with Gasteiger partial charge in [-0.25, -0.2) is 4.39 Å². The first-order valence-electron chi connectivity index (χ1n) is 5.09. The average Bonchev–Trinajstić information content (AvgIpc) is 2.29. The number of hydrogen-bond acceptors (Lipinski definition) is 3. The Kier molecular flexibility index (Phi) is 3.34. The number of carbonyl (C=O) groups is 2. The smallest absolute Gasteiger partial charge is 0.249 e. The van der Waals surface area contributed by atoms with Gasteiger partial charge in [-0.2, -0.15) is 0 Å². The van der Waals surface area contributed by atoms with Gasteiger partial charge in [0.15, 0.2) is 0 Å². The molecule has 1 atom stereocenters. The van der Waals surface area contributed by atoms with Gasteiger partial charge in [-0.1, -0.05) is 6.07 Å². The fourth-order valence-electron chi connectivity index (χ4n) is 1.48. The molecule has 2 N–H and O–H groups in total. The molecule has 1 fully saturated rings. The lowest BCUT2D eigenvalue weighted by Crippen LogP contribution is -2.51. The number of rotatable bonds is 2. The van der Waals surface area contributed by atoms with Crippen molar-refractivity contribution in [3.63, 3.8) is 0 Å². The van der Waals surface area contributed by atoms with E-state index in [1.807, 2.05) is 0 Å². The Morgan fingerprint density at radius 2 is 2.35 bits per heavy atom. The molecule has 0 saturated carbocycles. The fraction of sp³-hybridized carbons (Fsp3) is 0.273. The van der Waals surface area contributed by atoms with E-state index in [0.717, 1.165) is 0 Å². The zero-order valence-electron chi connectivity index (χ0n) is 8.90. The molecular formula is C11H11FN2O3. The molecule has 0 aromatic heterocycles. The third-order valence-corrected chi connectivity index (χ3v) is 2.26. The Labute approximate surface area is 97.0 Å². The lowest BCUT2D eigenvalue weighted by molar-refractivity contribution is -0.136. The highest BCUT2D eigenvalue weighted by Crippen LogP contribution is 2.09. The van der Waals surface area contributed by atoms with Gasteiger partial charge < -0.3 is 15.4 Å². The first-order chi connectivity index (χ1) is 8.15. The van der Waals surface area contributed by atoms with Crippen LogP contribution in [0.5, 0.6) is 0 Å². The molecule has 90 valence electrons. The predicted molar refractivity (Wildman–Crippen MR) is 57.8 cm³/mol. The van der Waals surface area contributed by atoms with E-state index >= 15 is 0 Å². The molecule has 17 heavy (non-hydrogen) atoms. The van der Waals surface area contributed by atoms with Crippen LogP contribution in [0.25, 0.3) is 0 Å². The standard InChI is InChI=1S/C11H11FN2O3/c12-7-2-1-3-8(4-7)13-11(16)9-5-17-6-10(15)14-9/h1-4,9H,5-6H2,(H,13,16)(H,14,15). The molecule has 6 heteroatoms. The maximum atomic E-state index is 12.9. The summed E-state index contributed by atoms with van der Waals surface area (Å²) in [5.41, 5.74) is 0.342. The predicted octanol–water partition coefficient (Wildman–Crippen LogP) is 0.279. The molecule has 1 unspecified atom stereocenters. The molecule has 0 radical (unpaired) electrons. The number of halogens is 1. The number of carbonyl (C=O) groups excluding carboxylic acids is 2. The molecule has 0 spiro atoms. The maximum Gasteiger partial charge on any atom is 0.249 e. The third kappa shape index (κ3) is 3.01. The number of hydrogen-bond donors (Lipinski definition) is 2. The van der Waals surface area contributed by atoms with Crippen molar-refractivity contribution < 1.29 is 18.7 Å². The van der Waals surface area contributed by atoms with Crippen molar-refractivity contribution in [1.29, 1.82) is 0 Å². The summed E-state index contributed by atoms with van der Waals surface area (Å²) in [7, 11) is 0. The van der Waals surface area contributed by atoms with E-state index in [4.69, 9.17) is 4.74 Å². The highest BCUT2D eigenvalue weighted by atomic mass is 19.1.